The molecule has 2 fully saturated rings. The fraction of sp³-hybridized carbons (Fsp3) is 0.812. The van der Waals surface area contributed by atoms with Gasteiger partial charge in [-0.2, -0.15) is 0 Å². The van der Waals surface area contributed by atoms with E-state index in [4.69, 9.17) is 0 Å². The molecule has 106 valence electrons. The van der Waals surface area contributed by atoms with Crippen LogP contribution in [0.1, 0.15) is 45.4 Å². The van der Waals surface area contributed by atoms with Crippen LogP contribution in [-0.4, -0.2) is 34.1 Å². The number of imidazole rings is 1. The second kappa shape index (κ2) is 5.66. The number of piperidine rings is 1. The summed E-state index contributed by atoms with van der Waals surface area (Å²) in [5.74, 6) is 0.965. The lowest BCUT2D eigenvalue weighted by atomic mass is 9.91. The topological polar surface area (TPSA) is 21.1 Å². The fourth-order valence-electron chi connectivity index (χ4n) is 3.33. The molecule has 0 spiro atoms. The molecule has 0 N–H and O–H groups in total. The molecular weight excluding hydrogens is 234 g/mol. The van der Waals surface area contributed by atoms with Gasteiger partial charge in [-0.1, -0.05) is 6.92 Å². The van der Waals surface area contributed by atoms with E-state index in [2.05, 4.69) is 27.6 Å². The molecule has 0 atom stereocenters. The van der Waals surface area contributed by atoms with Crippen molar-refractivity contribution in [1.82, 2.24) is 14.5 Å². The average Bonchev–Trinajstić information content (AvgIpc) is 2.92. The van der Waals surface area contributed by atoms with E-state index in [1.54, 1.807) is 0 Å². The minimum Gasteiger partial charge on any atom is -0.337 e. The first kappa shape index (κ1) is 13.2. The summed E-state index contributed by atoms with van der Waals surface area (Å²) in [6, 6.07) is 0. The first-order chi connectivity index (χ1) is 9.23. The second-order valence-corrected chi connectivity index (χ2v) is 6.97. The van der Waals surface area contributed by atoms with Crippen LogP contribution in [0.15, 0.2) is 18.7 Å². The highest BCUT2D eigenvalue weighted by Gasteiger charge is 2.39. The Morgan fingerprint density at radius 2 is 2.05 bits per heavy atom. The molecule has 1 aromatic heterocycles. The molecule has 0 aromatic carbocycles. The predicted octanol–water partition coefficient (Wildman–Crippen LogP) is 3.18. The van der Waals surface area contributed by atoms with Gasteiger partial charge < -0.3 is 9.47 Å². The largest absolute Gasteiger partial charge is 0.337 e. The number of likely N-dealkylation sites (tertiary alicyclic amines) is 1. The van der Waals surface area contributed by atoms with E-state index in [-0.39, 0.29) is 0 Å². The van der Waals surface area contributed by atoms with Gasteiger partial charge in [0.1, 0.15) is 0 Å². The third-order valence-corrected chi connectivity index (χ3v) is 5.00. The molecule has 0 radical (unpaired) electrons. The lowest BCUT2D eigenvalue weighted by Gasteiger charge is -2.33. The van der Waals surface area contributed by atoms with Crippen molar-refractivity contribution in [3.05, 3.63) is 18.7 Å². The molecule has 1 aromatic rings. The summed E-state index contributed by atoms with van der Waals surface area (Å²) in [5.41, 5.74) is 0.689. The molecule has 3 rings (SSSR count). The Balaban J connectivity index is 1.31. The summed E-state index contributed by atoms with van der Waals surface area (Å²) in [5, 5.41) is 0. The Kier molecular flexibility index (Phi) is 3.92. The lowest BCUT2D eigenvalue weighted by molar-refractivity contribution is 0.152. The summed E-state index contributed by atoms with van der Waals surface area (Å²) in [4.78, 5) is 6.80. The summed E-state index contributed by atoms with van der Waals surface area (Å²) in [6.45, 7) is 7.62. The number of nitrogens with zero attached hydrogens (tertiary/aromatic N) is 3. The zero-order valence-corrected chi connectivity index (χ0v) is 12.2. The van der Waals surface area contributed by atoms with Gasteiger partial charge in [0.05, 0.1) is 6.33 Å². The minimum atomic E-state index is 0.689. The number of aryl methyl sites for hydroxylation is 1. The molecule has 1 aliphatic carbocycles. The summed E-state index contributed by atoms with van der Waals surface area (Å²) in [7, 11) is 0. The van der Waals surface area contributed by atoms with Crippen LogP contribution in [-0.2, 0) is 6.54 Å². The van der Waals surface area contributed by atoms with Crippen molar-refractivity contribution < 1.29 is 0 Å². The van der Waals surface area contributed by atoms with Gasteiger partial charge in [0, 0.05) is 25.5 Å². The molecular formula is C16H27N3. The molecule has 0 unspecified atom stereocenters. The normalized spacial score (nSPS) is 23.6. The Morgan fingerprint density at radius 1 is 1.26 bits per heavy atom. The second-order valence-electron chi connectivity index (χ2n) is 6.97. The van der Waals surface area contributed by atoms with Crippen molar-refractivity contribution in [2.24, 2.45) is 11.3 Å². The van der Waals surface area contributed by atoms with Crippen molar-refractivity contribution in [2.75, 3.05) is 19.6 Å². The van der Waals surface area contributed by atoms with Crippen LogP contribution >= 0.6 is 0 Å². The molecule has 2 aliphatic rings. The van der Waals surface area contributed by atoms with Crippen molar-refractivity contribution in [2.45, 2.75) is 52.0 Å². The van der Waals surface area contributed by atoms with Gasteiger partial charge in [0.2, 0.25) is 0 Å². The number of hydrogen-bond acceptors (Lipinski definition) is 2. The average molecular weight is 261 g/mol. The maximum absolute atomic E-state index is 4.09. The van der Waals surface area contributed by atoms with Gasteiger partial charge in [-0.3, -0.25) is 0 Å². The number of hydrogen-bond donors (Lipinski definition) is 0. The first-order valence-corrected chi connectivity index (χ1v) is 7.92. The SMILES string of the molecule is CC1(CN2CCC(CCCn3ccnc3)CC2)CC1. The van der Waals surface area contributed by atoms with Crippen molar-refractivity contribution in [1.29, 1.82) is 0 Å². The molecule has 1 saturated carbocycles. The van der Waals surface area contributed by atoms with Gasteiger partial charge in [-0.25, -0.2) is 4.98 Å². The van der Waals surface area contributed by atoms with Crippen molar-refractivity contribution in [3.8, 4) is 0 Å². The maximum atomic E-state index is 4.09. The monoisotopic (exact) mass is 261 g/mol. The van der Waals surface area contributed by atoms with Crippen LogP contribution in [0.4, 0.5) is 0 Å². The highest BCUT2D eigenvalue weighted by molar-refractivity contribution is 4.92. The first-order valence-electron chi connectivity index (χ1n) is 7.92. The maximum Gasteiger partial charge on any atom is 0.0945 e. The van der Waals surface area contributed by atoms with E-state index in [9.17, 15) is 0 Å². The Bertz CT molecular complexity index is 373. The Morgan fingerprint density at radius 3 is 2.68 bits per heavy atom. The van der Waals surface area contributed by atoms with E-state index in [1.807, 2.05) is 12.5 Å². The predicted molar refractivity (Wildman–Crippen MR) is 78.0 cm³/mol. The fourth-order valence-corrected chi connectivity index (χ4v) is 3.33. The molecule has 19 heavy (non-hydrogen) atoms. The molecule has 1 aliphatic heterocycles. The molecule has 0 amide bonds. The summed E-state index contributed by atoms with van der Waals surface area (Å²) in [6.07, 6.45) is 14.3. The molecule has 3 nitrogen and oxygen atoms in total. The third-order valence-electron chi connectivity index (χ3n) is 5.00. The Hall–Kier alpha value is -0.830. The van der Waals surface area contributed by atoms with Crippen LogP contribution < -0.4 is 0 Å². The van der Waals surface area contributed by atoms with Crippen LogP contribution in [0, 0.1) is 11.3 Å². The van der Waals surface area contributed by atoms with Gasteiger partial charge in [0.25, 0.3) is 0 Å². The smallest absolute Gasteiger partial charge is 0.0945 e. The van der Waals surface area contributed by atoms with Crippen molar-refractivity contribution in [3.63, 3.8) is 0 Å². The molecule has 0 bridgehead atoms. The van der Waals surface area contributed by atoms with Crippen molar-refractivity contribution >= 4 is 0 Å². The van der Waals surface area contributed by atoms with Gasteiger partial charge in [-0.15, -0.1) is 0 Å². The van der Waals surface area contributed by atoms with E-state index in [1.165, 1.54) is 58.2 Å². The number of rotatable bonds is 6. The quantitative estimate of drug-likeness (QED) is 0.784. The van der Waals surface area contributed by atoms with E-state index < -0.39 is 0 Å². The van der Waals surface area contributed by atoms with Crippen LogP contribution in [0.2, 0.25) is 0 Å². The van der Waals surface area contributed by atoms with Gasteiger partial charge >= 0.3 is 0 Å². The lowest BCUT2D eigenvalue weighted by Crippen LogP contribution is -2.37. The highest BCUT2D eigenvalue weighted by Crippen LogP contribution is 2.45. The molecule has 3 heteroatoms. The zero-order valence-electron chi connectivity index (χ0n) is 12.2. The zero-order chi connectivity index (χ0) is 13.1. The molecule has 2 heterocycles. The summed E-state index contributed by atoms with van der Waals surface area (Å²) < 4.78 is 2.20. The van der Waals surface area contributed by atoms with Crippen LogP contribution in [0.3, 0.4) is 0 Å². The van der Waals surface area contributed by atoms with Crippen LogP contribution in [0.25, 0.3) is 0 Å². The minimum absolute atomic E-state index is 0.689. The van der Waals surface area contributed by atoms with Crippen LogP contribution in [0.5, 0.6) is 0 Å². The highest BCUT2D eigenvalue weighted by atomic mass is 15.1. The van der Waals surface area contributed by atoms with E-state index >= 15 is 0 Å². The Labute approximate surface area is 117 Å². The van der Waals surface area contributed by atoms with Gasteiger partial charge in [0.15, 0.2) is 0 Å². The van der Waals surface area contributed by atoms with Gasteiger partial charge in [-0.05, 0) is 62.9 Å². The van der Waals surface area contributed by atoms with E-state index in [0.717, 1.165) is 12.5 Å². The van der Waals surface area contributed by atoms with E-state index in [0.29, 0.717) is 5.41 Å². The molecule has 1 saturated heterocycles. The standard InChI is InChI=1S/C16H27N3/c1-16(6-7-16)13-18-10-4-15(5-11-18)3-2-9-19-12-8-17-14-19/h8,12,14-15H,2-7,9-11,13H2,1H3. The summed E-state index contributed by atoms with van der Waals surface area (Å²) >= 11 is 0. The third kappa shape index (κ3) is 3.82. The number of aromatic nitrogens is 2.